The minimum Gasteiger partial charge on any atom is -0.497 e. The molecule has 8 aromatic carbocycles. The average molecular weight is 749 g/mol. The highest BCUT2D eigenvalue weighted by Crippen LogP contribution is 2.33. The summed E-state index contributed by atoms with van der Waals surface area (Å²) in [5, 5.41) is 2.37. The van der Waals surface area contributed by atoms with E-state index in [-0.39, 0.29) is 0 Å². The quantitative estimate of drug-likeness (QED) is 0.116. The van der Waals surface area contributed by atoms with Crippen LogP contribution in [0.3, 0.4) is 0 Å². The second-order valence-corrected chi connectivity index (χ2v) is 14.0. The first-order chi connectivity index (χ1) is 28.7. The maximum atomic E-state index is 5.74. The Balaban J connectivity index is 1.23. The molecule has 0 aliphatic rings. The Morgan fingerprint density at radius 1 is 0.345 bits per heavy atom. The molecule has 2 heteroatoms. The fourth-order valence-electron chi connectivity index (χ4n) is 7.36. The molecule has 0 fully saturated rings. The summed E-state index contributed by atoms with van der Waals surface area (Å²) < 4.78 is 11.5. The van der Waals surface area contributed by atoms with Crippen molar-refractivity contribution in [1.29, 1.82) is 0 Å². The first kappa shape index (κ1) is 37.5. The molecule has 8 aromatic rings. The van der Waals surface area contributed by atoms with Gasteiger partial charge >= 0.3 is 0 Å². The van der Waals surface area contributed by atoms with Gasteiger partial charge < -0.3 is 9.47 Å². The van der Waals surface area contributed by atoms with Crippen LogP contribution in [0.15, 0.2) is 194 Å². The van der Waals surface area contributed by atoms with Crippen LogP contribution in [0.1, 0.15) is 55.6 Å². The van der Waals surface area contributed by atoms with Crippen molar-refractivity contribution in [3.8, 4) is 11.5 Å². The molecule has 0 atom stereocenters. The fourth-order valence-corrected chi connectivity index (χ4v) is 7.36. The van der Waals surface area contributed by atoms with Crippen LogP contribution in [0.25, 0.3) is 58.4 Å². The van der Waals surface area contributed by atoms with Crippen molar-refractivity contribution in [2.75, 3.05) is 14.2 Å². The van der Waals surface area contributed by atoms with Gasteiger partial charge in [0, 0.05) is 0 Å². The summed E-state index contributed by atoms with van der Waals surface area (Å²) in [4.78, 5) is 0. The van der Waals surface area contributed by atoms with Gasteiger partial charge in [0.2, 0.25) is 0 Å². The van der Waals surface area contributed by atoms with Gasteiger partial charge in [-0.2, -0.15) is 0 Å². The molecular formula is C56H44O2. The van der Waals surface area contributed by atoms with Crippen molar-refractivity contribution < 1.29 is 9.47 Å². The van der Waals surface area contributed by atoms with E-state index < -0.39 is 0 Å². The Morgan fingerprint density at radius 3 is 1.17 bits per heavy atom. The van der Waals surface area contributed by atoms with Gasteiger partial charge in [-0.25, -0.2) is 0 Å². The minimum absolute atomic E-state index is 0.810. The van der Waals surface area contributed by atoms with E-state index in [4.69, 9.17) is 9.47 Å². The molecule has 0 radical (unpaired) electrons. The van der Waals surface area contributed by atoms with Crippen molar-refractivity contribution in [2.24, 2.45) is 0 Å². The van der Waals surface area contributed by atoms with E-state index in [9.17, 15) is 0 Å². The zero-order valence-corrected chi connectivity index (χ0v) is 32.8. The molecule has 2 nitrogen and oxygen atoms in total. The average Bonchev–Trinajstić information content (AvgIpc) is 3.30. The number of hydrogen-bond donors (Lipinski definition) is 0. The summed E-state index contributed by atoms with van der Waals surface area (Å²) in [7, 11) is 3.44. The molecule has 0 aliphatic carbocycles. The predicted molar refractivity (Wildman–Crippen MR) is 248 cm³/mol. The number of fused-ring (bicyclic) bond motifs is 1. The van der Waals surface area contributed by atoms with Crippen molar-refractivity contribution in [1.82, 2.24) is 0 Å². The minimum atomic E-state index is 0.810. The predicted octanol–water partition coefficient (Wildman–Crippen LogP) is 14.4. The first-order valence-electron chi connectivity index (χ1n) is 19.6. The summed E-state index contributed by atoms with van der Waals surface area (Å²) in [6.07, 6.45) is 13.5. The summed E-state index contributed by atoms with van der Waals surface area (Å²) >= 11 is 0. The summed E-state index contributed by atoms with van der Waals surface area (Å²) in [5.41, 5.74) is 13.5. The molecule has 0 bridgehead atoms. The molecular weight excluding hydrogens is 705 g/mol. The van der Waals surface area contributed by atoms with E-state index in [1.165, 1.54) is 10.8 Å². The van der Waals surface area contributed by atoms with E-state index >= 15 is 0 Å². The molecule has 0 aromatic heterocycles. The maximum absolute atomic E-state index is 5.74. The molecule has 0 unspecified atom stereocenters. The normalized spacial score (nSPS) is 11.1. The van der Waals surface area contributed by atoms with Crippen LogP contribution in [0.5, 0.6) is 11.5 Å². The molecule has 0 heterocycles. The van der Waals surface area contributed by atoms with Gasteiger partial charge in [-0.3, -0.25) is 0 Å². The van der Waals surface area contributed by atoms with Gasteiger partial charge in [0.1, 0.15) is 11.5 Å². The van der Waals surface area contributed by atoms with E-state index in [1.54, 1.807) is 14.2 Å². The van der Waals surface area contributed by atoms with Crippen LogP contribution in [0, 0.1) is 0 Å². The third-order valence-corrected chi connectivity index (χ3v) is 10.4. The standard InChI is InChI=1S/C56H44O2/c1-57-51-34-31-41(49(37-51)39-55(43-17-7-3-8-18-43)44-19-9-4-10-20-44)27-28-48-30-29-47-25-15-16-26-53(47)54(48)36-33-42-32-35-52(58-2)38-50(42)40-56(45-21-11-5-12-22-45)46-23-13-6-14-24-46/h3-40H,1-2H3. The fraction of sp³-hybridized carbons (Fsp3) is 0.0357. The van der Waals surface area contributed by atoms with E-state index in [2.05, 4.69) is 218 Å². The van der Waals surface area contributed by atoms with Gasteiger partial charge in [0.15, 0.2) is 0 Å². The smallest absolute Gasteiger partial charge is 0.119 e. The lowest BCUT2D eigenvalue weighted by atomic mass is 9.93. The summed E-state index contributed by atoms with van der Waals surface area (Å²) in [6, 6.07) is 67.8. The van der Waals surface area contributed by atoms with Crippen molar-refractivity contribution >= 4 is 58.4 Å². The molecule has 0 spiro atoms. The molecule has 0 saturated carbocycles. The Bertz CT molecular complexity index is 2680. The largest absolute Gasteiger partial charge is 0.497 e. The molecule has 280 valence electrons. The zero-order valence-electron chi connectivity index (χ0n) is 32.8. The van der Waals surface area contributed by atoms with Crippen LogP contribution in [0.2, 0.25) is 0 Å². The van der Waals surface area contributed by atoms with Crippen LogP contribution < -0.4 is 9.47 Å². The lowest BCUT2D eigenvalue weighted by Gasteiger charge is -2.12. The highest BCUT2D eigenvalue weighted by Gasteiger charge is 2.11. The molecule has 58 heavy (non-hydrogen) atoms. The lowest BCUT2D eigenvalue weighted by molar-refractivity contribution is 0.414. The Kier molecular flexibility index (Phi) is 11.7. The van der Waals surface area contributed by atoms with E-state index in [1.807, 2.05) is 12.1 Å². The van der Waals surface area contributed by atoms with Crippen LogP contribution in [-0.4, -0.2) is 14.2 Å². The Morgan fingerprint density at radius 2 is 0.724 bits per heavy atom. The van der Waals surface area contributed by atoms with Gasteiger partial charge in [-0.05, 0) is 114 Å². The number of ether oxygens (including phenoxy) is 2. The van der Waals surface area contributed by atoms with E-state index in [0.29, 0.717) is 0 Å². The van der Waals surface area contributed by atoms with Crippen LogP contribution in [0.4, 0.5) is 0 Å². The first-order valence-corrected chi connectivity index (χ1v) is 19.6. The Labute approximate surface area is 342 Å². The number of hydrogen-bond acceptors (Lipinski definition) is 2. The highest BCUT2D eigenvalue weighted by molar-refractivity contribution is 5.99. The van der Waals surface area contributed by atoms with Gasteiger partial charge in [0.05, 0.1) is 14.2 Å². The van der Waals surface area contributed by atoms with Gasteiger partial charge in [-0.15, -0.1) is 0 Å². The number of methoxy groups -OCH3 is 2. The number of benzene rings is 8. The second-order valence-electron chi connectivity index (χ2n) is 14.0. The van der Waals surface area contributed by atoms with Crippen LogP contribution in [-0.2, 0) is 0 Å². The zero-order chi connectivity index (χ0) is 39.5. The monoisotopic (exact) mass is 748 g/mol. The maximum Gasteiger partial charge on any atom is 0.119 e. The lowest BCUT2D eigenvalue weighted by Crippen LogP contribution is -1.92. The molecule has 0 saturated heterocycles. The second kappa shape index (κ2) is 18.0. The topological polar surface area (TPSA) is 18.5 Å². The van der Waals surface area contributed by atoms with Gasteiger partial charge in [-0.1, -0.05) is 194 Å². The Hall–Kier alpha value is -7.42. The third-order valence-electron chi connectivity index (χ3n) is 10.4. The van der Waals surface area contributed by atoms with Crippen molar-refractivity contribution in [2.45, 2.75) is 0 Å². The SMILES string of the molecule is COc1ccc(C=Cc2ccc3ccccc3c2C=Cc2ccc(OC)cc2C=C(c2ccccc2)c2ccccc2)c(C=C(c2ccccc2)c2ccccc2)c1. The third kappa shape index (κ3) is 8.68. The molecule has 8 rings (SSSR count). The summed E-state index contributed by atoms with van der Waals surface area (Å²) in [6.45, 7) is 0. The van der Waals surface area contributed by atoms with Crippen molar-refractivity contribution in [3.63, 3.8) is 0 Å². The van der Waals surface area contributed by atoms with Crippen LogP contribution >= 0.6 is 0 Å². The number of rotatable bonds is 12. The molecule has 0 aliphatic heterocycles. The van der Waals surface area contributed by atoms with Crippen molar-refractivity contribution in [3.05, 3.63) is 250 Å². The summed E-state index contributed by atoms with van der Waals surface area (Å²) in [5.74, 6) is 1.62. The van der Waals surface area contributed by atoms with Gasteiger partial charge in [0.25, 0.3) is 0 Å². The van der Waals surface area contributed by atoms with E-state index in [0.717, 1.165) is 78.3 Å². The molecule has 0 N–H and O–H groups in total. The molecule has 0 amide bonds. The highest BCUT2D eigenvalue weighted by atomic mass is 16.5.